The Bertz CT molecular complexity index is 140. The SMILES string of the molecule is CCCC(CO)(CCC)CCCCCCO. The Kier molecular flexibility index (Phi) is 10.0. The minimum atomic E-state index is 0.183. The average molecular weight is 230 g/mol. The summed E-state index contributed by atoms with van der Waals surface area (Å²) in [4.78, 5) is 0. The molecule has 0 spiro atoms. The number of aliphatic hydroxyl groups is 2. The van der Waals surface area contributed by atoms with Crippen LogP contribution in [0.25, 0.3) is 0 Å². The van der Waals surface area contributed by atoms with E-state index in [2.05, 4.69) is 13.8 Å². The van der Waals surface area contributed by atoms with Crippen LogP contribution in [-0.2, 0) is 0 Å². The van der Waals surface area contributed by atoms with Crippen LogP contribution in [0.2, 0.25) is 0 Å². The van der Waals surface area contributed by atoms with Crippen LogP contribution in [0.4, 0.5) is 0 Å². The van der Waals surface area contributed by atoms with E-state index in [0.717, 1.165) is 44.9 Å². The van der Waals surface area contributed by atoms with E-state index >= 15 is 0 Å². The van der Waals surface area contributed by atoms with Crippen molar-refractivity contribution >= 4 is 0 Å². The molecule has 2 heteroatoms. The second-order valence-electron chi connectivity index (χ2n) is 5.05. The fraction of sp³-hybridized carbons (Fsp3) is 1.00. The maximum Gasteiger partial charge on any atom is 0.0487 e. The van der Waals surface area contributed by atoms with Gasteiger partial charge in [0.1, 0.15) is 0 Å². The number of aliphatic hydroxyl groups excluding tert-OH is 2. The largest absolute Gasteiger partial charge is 0.396 e. The van der Waals surface area contributed by atoms with Crippen LogP contribution in [0.1, 0.15) is 71.6 Å². The van der Waals surface area contributed by atoms with Gasteiger partial charge in [0.2, 0.25) is 0 Å². The van der Waals surface area contributed by atoms with Crippen molar-refractivity contribution in [2.24, 2.45) is 5.41 Å². The lowest BCUT2D eigenvalue weighted by Gasteiger charge is -2.31. The lowest BCUT2D eigenvalue weighted by molar-refractivity contribution is 0.0900. The van der Waals surface area contributed by atoms with E-state index in [-0.39, 0.29) is 5.41 Å². The maximum atomic E-state index is 9.60. The highest BCUT2D eigenvalue weighted by molar-refractivity contribution is 4.77. The van der Waals surface area contributed by atoms with Crippen molar-refractivity contribution < 1.29 is 10.2 Å². The van der Waals surface area contributed by atoms with Gasteiger partial charge in [-0.1, -0.05) is 46.0 Å². The molecule has 0 fully saturated rings. The molecule has 0 amide bonds. The van der Waals surface area contributed by atoms with Crippen molar-refractivity contribution in [1.29, 1.82) is 0 Å². The molecule has 0 bridgehead atoms. The second-order valence-corrected chi connectivity index (χ2v) is 5.05. The predicted octanol–water partition coefficient (Wildman–Crippen LogP) is 3.51. The lowest BCUT2D eigenvalue weighted by Crippen LogP contribution is -2.25. The third kappa shape index (κ3) is 6.49. The van der Waals surface area contributed by atoms with Crippen LogP contribution < -0.4 is 0 Å². The van der Waals surface area contributed by atoms with Crippen molar-refractivity contribution in [3.05, 3.63) is 0 Å². The first kappa shape index (κ1) is 15.9. The van der Waals surface area contributed by atoms with E-state index in [1.807, 2.05) is 0 Å². The number of hydrogen-bond acceptors (Lipinski definition) is 2. The Labute approximate surface area is 101 Å². The van der Waals surface area contributed by atoms with Crippen molar-refractivity contribution in [3.8, 4) is 0 Å². The third-order valence-corrected chi connectivity index (χ3v) is 3.51. The summed E-state index contributed by atoms with van der Waals surface area (Å²) in [6.45, 7) is 5.06. The van der Waals surface area contributed by atoms with Crippen LogP contribution in [0.15, 0.2) is 0 Å². The molecule has 0 aliphatic rings. The second kappa shape index (κ2) is 10.1. The van der Waals surface area contributed by atoms with Gasteiger partial charge in [-0.25, -0.2) is 0 Å². The zero-order valence-electron chi connectivity index (χ0n) is 11.2. The van der Waals surface area contributed by atoms with Crippen molar-refractivity contribution in [2.45, 2.75) is 71.6 Å². The Balaban J connectivity index is 3.89. The molecular weight excluding hydrogens is 200 g/mol. The van der Waals surface area contributed by atoms with Crippen LogP contribution >= 0.6 is 0 Å². The van der Waals surface area contributed by atoms with E-state index in [0.29, 0.717) is 13.2 Å². The summed E-state index contributed by atoms with van der Waals surface area (Å²) in [5.74, 6) is 0. The fourth-order valence-corrected chi connectivity index (χ4v) is 2.64. The van der Waals surface area contributed by atoms with Crippen LogP contribution in [-0.4, -0.2) is 23.4 Å². The van der Waals surface area contributed by atoms with Gasteiger partial charge in [-0.15, -0.1) is 0 Å². The molecule has 2 nitrogen and oxygen atoms in total. The Morgan fingerprint density at radius 1 is 0.750 bits per heavy atom. The summed E-state index contributed by atoms with van der Waals surface area (Å²) in [5, 5.41) is 18.3. The Morgan fingerprint density at radius 3 is 1.75 bits per heavy atom. The molecule has 0 heterocycles. The highest BCUT2D eigenvalue weighted by Gasteiger charge is 2.26. The number of unbranched alkanes of at least 4 members (excludes halogenated alkanes) is 3. The summed E-state index contributed by atoms with van der Waals surface area (Å²) < 4.78 is 0. The average Bonchev–Trinajstić information content (AvgIpc) is 2.29. The molecule has 0 aliphatic carbocycles. The van der Waals surface area contributed by atoms with Gasteiger partial charge >= 0.3 is 0 Å². The van der Waals surface area contributed by atoms with E-state index in [1.165, 1.54) is 12.8 Å². The number of rotatable bonds is 11. The smallest absolute Gasteiger partial charge is 0.0487 e. The van der Waals surface area contributed by atoms with E-state index < -0.39 is 0 Å². The Morgan fingerprint density at radius 2 is 1.31 bits per heavy atom. The topological polar surface area (TPSA) is 40.5 Å². The van der Waals surface area contributed by atoms with Crippen LogP contribution in [0.3, 0.4) is 0 Å². The summed E-state index contributed by atoms with van der Waals surface area (Å²) >= 11 is 0. The normalized spacial score (nSPS) is 12.0. The first-order chi connectivity index (χ1) is 7.74. The van der Waals surface area contributed by atoms with Gasteiger partial charge in [-0.2, -0.15) is 0 Å². The molecule has 0 aromatic rings. The molecule has 0 rings (SSSR count). The summed E-state index contributed by atoms with van der Waals surface area (Å²) in [7, 11) is 0. The van der Waals surface area contributed by atoms with Crippen molar-refractivity contribution in [3.63, 3.8) is 0 Å². The predicted molar refractivity (Wildman–Crippen MR) is 69.5 cm³/mol. The first-order valence-corrected chi connectivity index (χ1v) is 6.96. The highest BCUT2D eigenvalue weighted by atomic mass is 16.3. The lowest BCUT2D eigenvalue weighted by atomic mass is 9.76. The molecule has 0 aliphatic heterocycles. The molecule has 0 saturated carbocycles. The molecule has 0 aromatic heterocycles. The van der Waals surface area contributed by atoms with Gasteiger partial charge in [0.05, 0.1) is 0 Å². The van der Waals surface area contributed by atoms with Gasteiger partial charge in [0, 0.05) is 13.2 Å². The van der Waals surface area contributed by atoms with E-state index in [1.54, 1.807) is 0 Å². The van der Waals surface area contributed by atoms with Crippen molar-refractivity contribution in [1.82, 2.24) is 0 Å². The minimum absolute atomic E-state index is 0.183. The molecule has 16 heavy (non-hydrogen) atoms. The van der Waals surface area contributed by atoms with Crippen LogP contribution in [0, 0.1) is 5.41 Å². The summed E-state index contributed by atoms with van der Waals surface area (Å²) in [5.41, 5.74) is 0.183. The van der Waals surface area contributed by atoms with Gasteiger partial charge in [-0.3, -0.25) is 0 Å². The molecular formula is C14H30O2. The molecule has 0 atom stereocenters. The molecule has 98 valence electrons. The third-order valence-electron chi connectivity index (χ3n) is 3.51. The zero-order chi connectivity index (χ0) is 12.3. The standard InChI is InChI=1S/C14H30O2/c1-3-9-14(13-16,10-4-2)11-7-5-6-8-12-15/h15-16H,3-13H2,1-2H3. The zero-order valence-corrected chi connectivity index (χ0v) is 11.2. The quantitative estimate of drug-likeness (QED) is 0.533. The van der Waals surface area contributed by atoms with Gasteiger partial charge < -0.3 is 10.2 Å². The van der Waals surface area contributed by atoms with Crippen molar-refractivity contribution in [2.75, 3.05) is 13.2 Å². The van der Waals surface area contributed by atoms with Gasteiger partial charge in [-0.05, 0) is 31.1 Å². The van der Waals surface area contributed by atoms with Gasteiger partial charge in [0.25, 0.3) is 0 Å². The molecule has 0 unspecified atom stereocenters. The maximum absolute atomic E-state index is 9.60. The molecule has 0 radical (unpaired) electrons. The first-order valence-electron chi connectivity index (χ1n) is 6.96. The highest BCUT2D eigenvalue weighted by Crippen LogP contribution is 2.35. The summed E-state index contributed by atoms with van der Waals surface area (Å²) in [6, 6.07) is 0. The van der Waals surface area contributed by atoms with E-state index in [9.17, 15) is 5.11 Å². The molecule has 2 N–H and O–H groups in total. The number of hydrogen-bond donors (Lipinski definition) is 2. The molecule has 0 aromatic carbocycles. The summed E-state index contributed by atoms with van der Waals surface area (Å²) in [6.07, 6.45) is 10.2. The van der Waals surface area contributed by atoms with E-state index in [4.69, 9.17) is 5.11 Å². The minimum Gasteiger partial charge on any atom is -0.396 e. The Hall–Kier alpha value is -0.0800. The van der Waals surface area contributed by atoms with Crippen LogP contribution in [0.5, 0.6) is 0 Å². The fourth-order valence-electron chi connectivity index (χ4n) is 2.64. The molecule has 0 saturated heterocycles. The van der Waals surface area contributed by atoms with Gasteiger partial charge in [0.15, 0.2) is 0 Å². The monoisotopic (exact) mass is 230 g/mol.